The Morgan fingerprint density at radius 2 is 2.07 bits per heavy atom. The minimum atomic E-state index is 0.314. The largest absolute Gasteiger partial charge is 0.365 e. The molecule has 4 nitrogen and oxygen atoms in total. The van der Waals surface area contributed by atoms with Gasteiger partial charge in [-0.2, -0.15) is 5.10 Å². The van der Waals surface area contributed by atoms with Crippen LogP contribution in [0.2, 0.25) is 5.15 Å². The van der Waals surface area contributed by atoms with E-state index < -0.39 is 0 Å². The van der Waals surface area contributed by atoms with E-state index in [2.05, 4.69) is 29.2 Å². The van der Waals surface area contributed by atoms with Crippen LogP contribution >= 0.6 is 11.6 Å². The van der Waals surface area contributed by atoms with Gasteiger partial charge in [-0.25, -0.2) is 4.68 Å². The van der Waals surface area contributed by atoms with Crippen LogP contribution in [0.15, 0.2) is 6.20 Å². The quantitative estimate of drug-likeness (QED) is 0.834. The summed E-state index contributed by atoms with van der Waals surface area (Å²) in [4.78, 5) is 2.28. The predicted octanol–water partition coefficient (Wildman–Crippen LogP) is 1.53. The van der Waals surface area contributed by atoms with E-state index in [0.29, 0.717) is 6.04 Å². The molecule has 15 heavy (non-hydrogen) atoms. The summed E-state index contributed by atoms with van der Waals surface area (Å²) in [6, 6.07) is 0.314. The second-order valence-electron chi connectivity index (χ2n) is 4.10. The predicted molar refractivity (Wildman–Crippen MR) is 62.7 cm³/mol. The zero-order valence-corrected chi connectivity index (χ0v) is 9.96. The molecule has 0 amide bonds. The number of rotatable bonds is 2. The maximum absolute atomic E-state index is 6.29. The molecule has 2 heterocycles. The molecule has 2 rings (SSSR count). The van der Waals surface area contributed by atoms with Crippen molar-refractivity contribution in [2.75, 3.05) is 31.1 Å². The van der Waals surface area contributed by atoms with E-state index >= 15 is 0 Å². The molecule has 0 aromatic carbocycles. The molecule has 84 valence electrons. The monoisotopic (exact) mass is 228 g/mol. The molecule has 1 fully saturated rings. The van der Waals surface area contributed by atoms with Gasteiger partial charge in [-0.1, -0.05) is 11.6 Å². The summed E-state index contributed by atoms with van der Waals surface area (Å²) >= 11 is 6.29. The highest BCUT2D eigenvalue weighted by Gasteiger charge is 2.18. The second-order valence-corrected chi connectivity index (χ2v) is 4.45. The summed E-state index contributed by atoms with van der Waals surface area (Å²) < 4.78 is 1.86. The molecule has 1 saturated heterocycles. The Morgan fingerprint density at radius 3 is 2.60 bits per heavy atom. The Kier molecular flexibility index (Phi) is 3.17. The average molecular weight is 229 g/mol. The first-order valence-corrected chi connectivity index (χ1v) is 5.76. The van der Waals surface area contributed by atoms with Crippen LogP contribution in [0.1, 0.15) is 19.9 Å². The fourth-order valence-corrected chi connectivity index (χ4v) is 2.22. The molecular weight excluding hydrogens is 212 g/mol. The van der Waals surface area contributed by atoms with Crippen LogP contribution in [0.3, 0.4) is 0 Å². The van der Waals surface area contributed by atoms with E-state index in [1.54, 1.807) is 0 Å². The summed E-state index contributed by atoms with van der Waals surface area (Å²) in [6.45, 7) is 8.21. The van der Waals surface area contributed by atoms with Gasteiger partial charge in [0, 0.05) is 32.2 Å². The Morgan fingerprint density at radius 1 is 1.40 bits per heavy atom. The van der Waals surface area contributed by atoms with Crippen LogP contribution in [-0.2, 0) is 0 Å². The lowest BCUT2D eigenvalue weighted by Gasteiger charge is -2.28. The third kappa shape index (κ3) is 2.11. The number of hydrogen-bond acceptors (Lipinski definition) is 3. The first-order chi connectivity index (χ1) is 7.20. The smallest absolute Gasteiger partial charge is 0.150 e. The van der Waals surface area contributed by atoms with Crippen molar-refractivity contribution in [3.8, 4) is 0 Å². The first-order valence-electron chi connectivity index (χ1n) is 5.39. The molecule has 0 aliphatic carbocycles. The normalized spacial score (nSPS) is 17.5. The van der Waals surface area contributed by atoms with Crippen molar-refractivity contribution in [3.63, 3.8) is 0 Å². The minimum absolute atomic E-state index is 0.314. The van der Waals surface area contributed by atoms with Crippen LogP contribution in [-0.4, -0.2) is 36.0 Å². The molecule has 5 heteroatoms. The minimum Gasteiger partial charge on any atom is -0.365 e. The molecule has 0 atom stereocenters. The van der Waals surface area contributed by atoms with Crippen LogP contribution < -0.4 is 10.2 Å². The van der Waals surface area contributed by atoms with Crippen molar-refractivity contribution in [1.82, 2.24) is 15.1 Å². The van der Waals surface area contributed by atoms with E-state index in [0.717, 1.165) is 37.0 Å². The molecule has 1 aromatic heterocycles. The van der Waals surface area contributed by atoms with Gasteiger partial charge in [0.2, 0.25) is 0 Å². The average Bonchev–Trinajstić information content (AvgIpc) is 2.61. The third-order valence-electron chi connectivity index (χ3n) is 2.66. The fourth-order valence-electron chi connectivity index (χ4n) is 1.82. The van der Waals surface area contributed by atoms with E-state index in [1.807, 2.05) is 10.9 Å². The number of nitrogens with zero attached hydrogens (tertiary/aromatic N) is 3. The van der Waals surface area contributed by atoms with Gasteiger partial charge in [-0.3, -0.25) is 0 Å². The number of piperazine rings is 1. The summed E-state index contributed by atoms with van der Waals surface area (Å²) in [5.41, 5.74) is 1.06. The number of halogens is 1. The van der Waals surface area contributed by atoms with Gasteiger partial charge in [-0.05, 0) is 13.8 Å². The van der Waals surface area contributed by atoms with Crippen LogP contribution in [0.25, 0.3) is 0 Å². The highest BCUT2D eigenvalue weighted by atomic mass is 35.5. The number of aromatic nitrogens is 2. The van der Waals surface area contributed by atoms with Crippen LogP contribution in [0, 0.1) is 0 Å². The lowest BCUT2D eigenvalue weighted by Crippen LogP contribution is -2.43. The van der Waals surface area contributed by atoms with Gasteiger partial charge in [-0.15, -0.1) is 0 Å². The highest BCUT2D eigenvalue weighted by molar-refractivity contribution is 6.32. The van der Waals surface area contributed by atoms with Gasteiger partial charge in [0.1, 0.15) is 0 Å². The van der Waals surface area contributed by atoms with Crippen molar-refractivity contribution in [1.29, 1.82) is 0 Å². The second kappa shape index (κ2) is 4.41. The summed E-state index contributed by atoms with van der Waals surface area (Å²) in [6.07, 6.45) is 1.87. The maximum Gasteiger partial charge on any atom is 0.150 e. The number of nitrogens with one attached hydrogen (secondary N) is 1. The van der Waals surface area contributed by atoms with Crippen molar-refractivity contribution in [2.45, 2.75) is 19.9 Å². The fraction of sp³-hybridized carbons (Fsp3) is 0.700. The number of anilines is 1. The van der Waals surface area contributed by atoms with E-state index in [4.69, 9.17) is 11.6 Å². The molecule has 1 aromatic rings. The SMILES string of the molecule is CC(C)n1ncc(N2CCNCC2)c1Cl. The van der Waals surface area contributed by atoms with E-state index in [1.165, 1.54) is 0 Å². The van der Waals surface area contributed by atoms with E-state index in [9.17, 15) is 0 Å². The molecule has 0 spiro atoms. The topological polar surface area (TPSA) is 33.1 Å². The summed E-state index contributed by atoms with van der Waals surface area (Å²) in [5.74, 6) is 0. The zero-order valence-electron chi connectivity index (χ0n) is 9.20. The molecule has 1 N–H and O–H groups in total. The van der Waals surface area contributed by atoms with Crippen LogP contribution in [0.4, 0.5) is 5.69 Å². The lowest BCUT2D eigenvalue weighted by atomic mass is 10.3. The van der Waals surface area contributed by atoms with Gasteiger partial charge >= 0.3 is 0 Å². The van der Waals surface area contributed by atoms with Gasteiger partial charge in [0.15, 0.2) is 5.15 Å². The van der Waals surface area contributed by atoms with Crippen molar-refractivity contribution in [2.24, 2.45) is 0 Å². The zero-order chi connectivity index (χ0) is 10.8. The molecule has 1 aliphatic heterocycles. The van der Waals surface area contributed by atoms with Crippen molar-refractivity contribution >= 4 is 17.3 Å². The Balaban J connectivity index is 2.20. The molecular formula is C10H17ClN4. The van der Waals surface area contributed by atoms with Gasteiger partial charge in [0.05, 0.1) is 11.9 Å². The standard InChI is InChI=1S/C10H17ClN4/c1-8(2)15-10(11)9(7-13-15)14-5-3-12-4-6-14/h7-8,12H,3-6H2,1-2H3. The molecule has 0 unspecified atom stereocenters. The van der Waals surface area contributed by atoms with Gasteiger partial charge in [0.25, 0.3) is 0 Å². The van der Waals surface area contributed by atoms with Gasteiger partial charge < -0.3 is 10.2 Å². The lowest BCUT2D eigenvalue weighted by molar-refractivity contribution is 0.532. The first kappa shape index (κ1) is 10.8. The number of hydrogen-bond donors (Lipinski definition) is 1. The van der Waals surface area contributed by atoms with Crippen molar-refractivity contribution < 1.29 is 0 Å². The molecule has 0 bridgehead atoms. The molecule has 0 radical (unpaired) electrons. The Bertz CT molecular complexity index is 328. The van der Waals surface area contributed by atoms with Crippen LogP contribution in [0.5, 0.6) is 0 Å². The highest BCUT2D eigenvalue weighted by Crippen LogP contribution is 2.27. The third-order valence-corrected chi connectivity index (χ3v) is 3.03. The van der Waals surface area contributed by atoms with E-state index in [-0.39, 0.29) is 0 Å². The molecule has 1 aliphatic rings. The summed E-state index contributed by atoms with van der Waals surface area (Å²) in [7, 11) is 0. The maximum atomic E-state index is 6.29. The summed E-state index contributed by atoms with van der Waals surface area (Å²) in [5, 5.41) is 8.39. The Labute approximate surface area is 95.2 Å². The molecule has 0 saturated carbocycles. The Hall–Kier alpha value is -0.740. The van der Waals surface area contributed by atoms with Crippen molar-refractivity contribution in [3.05, 3.63) is 11.3 Å².